The fraction of sp³-hybridized carbons (Fsp3) is 0.529. The average molecular weight is 353 g/mol. The maximum Gasteiger partial charge on any atom is 0.255 e. The van der Waals surface area contributed by atoms with Gasteiger partial charge in [0.25, 0.3) is 11.8 Å². The van der Waals surface area contributed by atoms with Gasteiger partial charge in [-0.2, -0.15) is 0 Å². The van der Waals surface area contributed by atoms with Crippen LogP contribution in [0.2, 0.25) is 0 Å². The maximum atomic E-state index is 12.7. The lowest BCUT2D eigenvalue weighted by Gasteiger charge is -2.31. The molecule has 1 aromatic rings. The van der Waals surface area contributed by atoms with Crippen molar-refractivity contribution in [3.8, 4) is 17.2 Å². The van der Waals surface area contributed by atoms with E-state index in [1.165, 1.54) is 26.4 Å². The molecule has 2 amide bonds. The van der Waals surface area contributed by atoms with E-state index in [4.69, 9.17) is 25.7 Å². The molecular formula is C17H27N3O5. The van der Waals surface area contributed by atoms with Crippen molar-refractivity contribution in [2.75, 3.05) is 27.4 Å². The standard InChI is InChI=1S/C17H27N3O5/c1-5-17(6-2,10-18)20-16(22)11-7-12(23-3)15(13(8-11)24-4)25-9-14(19)21/h7-8H,5-6,9-10,18H2,1-4H3,(H2,19,21)(H,20,22). The number of primary amides is 1. The Balaban J connectivity index is 3.20. The molecule has 0 unspecified atom stereocenters. The number of benzene rings is 1. The number of rotatable bonds is 10. The van der Waals surface area contributed by atoms with Crippen LogP contribution in [0.5, 0.6) is 17.2 Å². The van der Waals surface area contributed by atoms with Crippen molar-refractivity contribution < 1.29 is 23.8 Å². The molecule has 0 saturated carbocycles. The predicted octanol–water partition coefficient (Wildman–Crippen LogP) is 0.815. The van der Waals surface area contributed by atoms with Crippen LogP contribution < -0.4 is 31.0 Å². The van der Waals surface area contributed by atoms with E-state index in [0.717, 1.165) is 0 Å². The largest absolute Gasteiger partial charge is 0.493 e. The SMILES string of the molecule is CCC(CC)(CN)NC(=O)c1cc(OC)c(OCC(N)=O)c(OC)c1. The molecule has 0 aliphatic carbocycles. The molecule has 8 nitrogen and oxygen atoms in total. The molecule has 1 rings (SSSR count). The summed E-state index contributed by atoms with van der Waals surface area (Å²) in [4.78, 5) is 23.6. The molecule has 0 atom stereocenters. The van der Waals surface area contributed by atoms with Gasteiger partial charge < -0.3 is 31.0 Å². The maximum absolute atomic E-state index is 12.7. The smallest absolute Gasteiger partial charge is 0.255 e. The molecule has 1 aromatic carbocycles. The first kappa shape index (κ1) is 20.6. The van der Waals surface area contributed by atoms with E-state index in [1.54, 1.807) is 0 Å². The Bertz CT molecular complexity index is 581. The Labute approximate surface area is 147 Å². The third-order valence-electron chi connectivity index (χ3n) is 4.20. The minimum atomic E-state index is -0.635. The number of ether oxygens (including phenoxy) is 3. The van der Waals surface area contributed by atoms with Crippen LogP contribution in [0.1, 0.15) is 37.0 Å². The lowest BCUT2D eigenvalue weighted by molar-refractivity contribution is -0.120. The Morgan fingerprint density at radius 1 is 1.12 bits per heavy atom. The number of nitrogens with one attached hydrogen (secondary N) is 1. The minimum Gasteiger partial charge on any atom is -0.493 e. The molecule has 0 fully saturated rings. The van der Waals surface area contributed by atoms with Crippen molar-refractivity contribution in [3.05, 3.63) is 17.7 Å². The van der Waals surface area contributed by atoms with E-state index < -0.39 is 11.4 Å². The van der Waals surface area contributed by atoms with Gasteiger partial charge in [0, 0.05) is 12.1 Å². The third kappa shape index (κ3) is 4.99. The summed E-state index contributed by atoms with van der Waals surface area (Å²) in [6.45, 7) is 3.94. The highest BCUT2D eigenvalue weighted by Crippen LogP contribution is 2.38. The van der Waals surface area contributed by atoms with Gasteiger partial charge in [-0.15, -0.1) is 0 Å². The van der Waals surface area contributed by atoms with Crippen LogP contribution >= 0.6 is 0 Å². The molecule has 0 heterocycles. The van der Waals surface area contributed by atoms with E-state index in [2.05, 4.69) is 5.32 Å². The molecule has 8 heteroatoms. The van der Waals surface area contributed by atoms with Crippen LogP contribution in [-0.2, 0) is 4.79 Å². The van der Waals surface area contributed by atoms with E-state index in [-0.39, 0.29) is 29.8 Å². The molecule has 0 aliphatic heterocycles. The lowest BCUT2D eigenvalue weighted by Crippen LogP contribution is -2.52. The number of hydrogen-bond donors (Lipinski definition) is 3. The van der Waals surface area contributed by atoms with E-state index in [9.17, 15) is 9.59 Å². The second kappa shape index (κ2) is 9.12. The first-order valence-corrected chi connectivity index (χ1v) is 8.06. The molecule has 0 aromatic heterocycles. The van der Waals surface area contributed by atoms with Crippen LogP contribution in [-0.4, -0.2) is 44.7 Å². The van der Waals surface area contributed by atoms with Crippen LogP contribution in [0.15, 0.2) is 12.1 Å². The zero-order valence-electron chi connectivity index (χ0n) is 15.2. The normalized spacial score (nSPS) is 10.9. The lowest BCUT2D eigenvalue weighted by atomic mass is 9.92. The average Bonchev–Trinajstić information content (AvgIpc) is 2.63. The summed E-state index contributed by atoms with van der Waals surface area (Å²) in [6, 6.07) is 3.03. The van der Waals surface area contributed by atoms with Gasteiger partial charge in [0.1, 0.15) is 0 Å². The number of methoxy groups -OCH3 is 2. The molecule has 25 heavy (non-hydrogen) atoms. The topological polar surface area (TPSA) is 126 Å². The summed E-state index contributed by atoms with van der Waals surface area (Å²) in [5, 5.41) is 2.98. The molecule has 140 valence electrons. The number of carbonyl (C=O) groups excluding carboxylic acids is 2. The molecule has 0 bridgehead atoms. The van der Waals surface area contributed by atoms with Crippen LogP contribution in [0.3, 0.4) is 0 Å². The van der Waals surface area contributed by atoms with E-state index in [0.29, 0.717) is 24.9 Å². The van der Waals surface area contributed by atoms with Gasteiger partial charge in [-0.25, -0.2) is 0 Å². The number of nitrogens with two attached hydrogens (primary N) is 2. The van der Waals surface area contributed by atoms with Gasteiger partial charge in [-0.05, 0) is 25.0 Å². The predicted molar refractivity (Wildman–Crippen MR) is 94.1 cm³/mol. The highest BCUT2D eigenvalue weighted by atomic mass is 16.5. The Kier molecular flexibility index (Phi) is 7.50. The Morgan fingerprint density at radius 3 is 2.00 bits per heavy atom. The van der Waals surface area contributed by atoms with E-state index >= 15 is 0 Å². The molecule has 0 saturated heterocycles. The molecule has 0 aliphatic rings. The quantitative estimate of drug-likeness (QED) is 0.571. The number of amides is 2. The van der Waals surface area contributed by atoms with Gasteiger partial charge >= 0.3 is 0 Å². The molecule has 0 radical (unpaired) electrons. The fourth-order valence-corrected chi connectivity index (χ4v) is 2.38. The van der Waals surface area contributed by atoms with Crippen LogP contribution in [0, 0.1) is 0 Å². The molecular weight excluding hydrogens is 326 g/mol. The van der Waals surface area contributed by atoms with Gasteiger partial charge in [-0.1, -0.05) is 13.8 Å². The van der Waals surface area contributed by atoms with Crippen molar-refractivity contribution in [3.63, 3.8) is 0 Å². The summed E-state index contributed by atoms with van der Waals surface area (Å²) in [5.41, 5.74) is 10.8. The fourth-order valence-electron chi connectivity index (χ4n) is 2.38. The second-order valence-electron chi connectivity index (χ2n) is 5.61. The number of hydrogen-bond acceptors (Lipinski definition) is 6. The molecule has 0 spiro atoms. The second-order valence-corrected chi connectivity index (χ2v) is 5.61. The van der Waals surface area contributed by atoms with Crippen LogP contribution in [0.4, 0.5) is 0 Å². The highest BCUT2D eigenvalue weighted by molar-refractivity contribution is 5.96. The van der Waals surface area contributed by atoms with E-state index in [1.807, 2.05) is 13.8 Å². The summed E-state index contributed by atoms with van der Waals surface area (Å²) in [7, 11) is 2.85. The number of carbonyl (C=O) groups is 2. The third-order valence-corrected chi connectivity index (χ3v) is 4.20. The zero-order chi connectivity index (χ0) is 19.0. The van der Waals surface area contributed by atoms with Crippen molar-refractivity contribution in [1.82, 2.24) is 5.32 Å². The minimum absolute atomic E-state index is 0.205. The Hall–Kier alpha value is -2.48. The first-order chi connectivity index (χ1) is 11.9. The van der Waals surface area contributed by atoms with Gasteiger partial charge in [0.2, 0.25) is 5.75 Å². The molecule has 5 N–H and O–H groups in total. The van der Waals surface area contributed by atoms with Gasteiger partial charge in [0.05, 0.1) is 19.8 Å². The zero-order valence-corrected chi connectivity index (χ0v) is 15.2. The summed E-state index contributed by atoms with van der Waals surface area (Å²) >= 11 is 0. The van der Waals surface area contributed by atoms with Gasteiger partial charge in [0.15, 0.2) is 18.1 Å². The highest BCUT2D eigenvalue weighted by Gasteiger charge is 2.28. The van der Waals surface area contributed by atoms with Gasteiger partial charge in [-0.3, -0.25) is 9.59 Å². The monoisotopic (exact) mass is 353 g/mol. The summed E-state index contributed by atoms with van der Waals surface area (Å²) in [5.74, 6) is -0.206. The summed E-state index contributed by atoms with van der Waals surface area (Å²) < 4.78 is 15.9. The first-order valence-electron chi connectivity index (χ1n) is 8.06. The Morgan fingerprint density at radius 2 is 1.64 bits per heavy atom. The summed E-state index contributed by atoms with van der Waals surface area (Å²) in [6.07, 6.45) is 1.42. The van der Waals surface area contributed by atoms with Crippen molar-refractivity contribution >= 4 is 11.8 Å². The van der Waals surface area contributed by atoms with Crippen molar-refractivity contribution in [2.45, 2.75) is 32.2 Å². The van der Waals surface area contributed by atoms with Crippen LogP contribution in [0.25, 0.3) is 0 Å². The van der Waals surface area contributed by atoms with Crippen molar-refractivity contribution in [1.29, 1.82) is 0 Å². The van der Waals surface area contributed by atoms with Crippen molar-refractivity contribution in [2.24, 2.45) is 11.5 Å².